The topological polar surface area (TPSA) is 60.9 Å². The first-order valence-electron chi connectivity index (χ1n) is 6.46. The number of benzene rings is 2. The average Bonchev–Trinajstić information content (AvgIpc) is 2.90. The number of nitrogens with zero attached hydrogens (tertiary/aromatic N) is 2. The van der Waals surface area contributed by atoms with E-state index < -0.39 is 0 Å². The van der Waals surface area contributed by atoms with Gasteiger partial charge in [-0.3, -0.25) is 4.79 Å². The van der Waals surface area contributed by atoms with Crippen LogP contribution in [-0.4, -0.2) is 15.6 Å². The van der Waals surface area contributed by atoms with Gasteiger partial charge in [0.15, 0.2) is 5.78 Å². The Kier molecular flexibility index (Phi) is 4.00. The second kappa shape index (κ2) is 5.94. The van der Waals surface area contributed by atoms with Gasteiger partial charge in [0.25, 0.3) is 0 Å². The van der Waals surface area contributed by atoms with Gasteiger partial charge in [0, 0.05) is 15.1 Å². The molecule has 0 fully saturated rings. The molecule has 3 aromatic rings. The summed E-state index contributed by atoms with van der Waals surface area (Å²) < 4.78 is 2.50. The highest BCUT2D eigenvalue weighted by molar-refractivity contribution is 9.10. The molecule has 110 valence electrons. The number of nitrogen functional groups attached to an aromatic ring is 1. The van der Waals surface area contributed by atoms with Crippen molar-refractivity contribution < 1.29 is 4.79 Å². The average molecular weight is 377 g/mol. The van der Waals surface area contributed by atoms with Crippen molar-refractivity contribution in [1.29, 1.82) is 0 Å². The summed E-state index contributed by atoms with van der Waals surface area (Å²) in [5, 5.41) is 4.79. The lowest BCUT2D eigenvalue weighted by molar-refractivity contribution is 0.103. The molecule has 3 rings (SSSR count). The zero-order valence-electron chi connectivity index (χ0n) is 11.3. The van der Waals surface area contributed by atoms with Gasteiger partial charge in [0.1, 0.15) is 5.82 Å². The molecule has 1 aromatic heterocycles. The number of rotatable bonds is 3. The number of anilines is 1. The Balaban J connectivity index is 1.98. The van der Waals surface area contributed by atoms with E-state index in [0.717, 1.165) is 10.2 Å². The summed E-state index contributed by atoms with van der Waals surface area (Å²) in [5.74, 6) is 0.125. The third-order valence-corrected chi connectivity index (χ3v) is 4.01. The van der Waals surface area contributed by atoms with Gasteiger partial charge in [-0.1, -0.05) is 27.5 Å². The van der Waals surface area contributed by atoms with Gasteiger partial charge in [-0.15, -0.1) is 0 Å². The maximum atomic E-state index is 12.5. The van der Waals surface area contributed by atoms with Gasteiger partial charge >= 0.3 is 0 Å². The quantitative estimate of drug-likeness (QED) is 0.700. The molecule has 0 bridgehead atoms. The lowest BCUT2D eigenvalue weighted by Gasteiger charge is -2.05. The molecule has 0 radical (unpaired) electrons. The van der Waals surface area contributed by atoms with E-state index in [4.69, 9.17) is 17.3 Å². The highest BCUT2D eigenvalue weighted by Gasteiger charge is 2.17. The second-order valence-corrected chi connectivity index (χ2v) is 6.02. The molecule has 0 aliphatic rings. The highest BCUT2D eigenvalue weighted by atomic mass is 79.9. The molecule has 0 spiro atoms. The number of carbonyl (C=O) groups excluding carboxylic acids is 1. The molecule has 22 heavy (non-hydrogen) atoms. The van der Waals surface area contributed by atoms with Crippen LogP contribution in [0, 0.1) is 0 Å². The number of hydrogen-bond acceptors (Lipinski definition) is 3. The summed E-state index contributed by atoms with van der Waals surface area (Å²) in [6, 6.07) is 14.2. The Labute approximate surface area is 140 Å². The fraction of sp³-hybridized carbons (Fsp3) is 0. The second-order valence-electron chi connectivity index (χ2n) is 4.67. The molecule has 0 aliphatic heterocycles. The van der Waals surface area contributed by atoms with Crippen molar-refractivity contribution >= 4 is 39.1 Å². The van der Waals surface area contributed by atoms with Crippen LogP contribution in [0.2, 0.25) is 5.02 Å². The predicted octanol–water partition coefficient (Wildman–Crippen LogP) is 4.10. The molecule has 0 atom stereocenters. The fourth-order valence-corrected chi connectivity index (χ4v) is 2.47. The molecule has 2 aromatic carbocycles. The number of halogens is 2. The van der Waals surface area contributed by atoms with Crippen molar-refractivity contribution in [2.45, 2.75) is 0 Å². The van der Waals surface area contributed by atoms with Gasteiger partial charge in [-0.25, -0.2) is 4.68 Å². The summed E-state index contributed by atoms with van der Waals surface area (Å²) >= 11 is 9.21. The van der Waals surface area contributed by atoms with Gasteiger partial charge in [0.05, 0.1) is 17.4 Å². The van der Waals surface area contributed by atoms with E-state index in [1.807, 2.05) is 24.3 Å². The van der Waals surface area contributed by atoms with E-state index in [9.17, 15) is 4.79 Å². The number of carbonyl (C=O) groups is 1. The summed E-state index contributed by atoms with van der Waals surface area (Å²) in [6.07, 6.45) is 1.48. The molecular formula is C16H11BrClN3O. The first-order valence-corrected chi connectivity index (χ1v) is 7.63. The lowest BCUT2D eigenvalue weighted by Crippen LogP contribution is -2.07. The first-order chi connectivity index (χ1) is 10.6. The molecule has 4 nitrogen and oxygen atoms in total. The molecule has 0 saturated heterocycles. The number of nitrogens with two attached hydrogens (primary N) is 1. The minimum absolute atomic E-state index is 0.183. The fourth-order valence-electron chi connectivity index (χ4n) is 2.08. The van der Waals surface area contributed by atoms with Crippen LogP contribution in [0.5, 0.6) is 0 Å². The first kappa shape index (κ1) is 14.8. The summed E-state index contributed by atoms with van der Waals surface area (Å²) in [7, 11) is 0. The Morgan fingerprint density at radius 2 is 1.73 bits per heavy atom. The number of aromatic nitrogens is 2. The van der Waals surface area contributed by atoms with Crippen LogP contribution in [0.3, 0.4) is 0 Å². The minimum atomic E-state index is -0.183. The van der Waals surface area contributed by atoms with E-state index in [1.54, 1.807) is 24.3 Å². The Hall–Kier alpha value is -2.11. The zero-order valence-corrected chi connectivity index (χ0v) is 13.7. The van der Waals surface area contributed by atoms with Crippen LogP contribution in [0.1, 0.15) is 15.9 Å². The van der Waals surface area contributed by atoms with E-state index in [2.05, 4.69) is 21.0 Å². The normalized spacial score (nSPS) is 10.6. The van der Waals surface area contributed by atoms with Gasteiger partial charge < -0.3 is 5.73 Å². The van der Waals surface area contributed by atoms with Gasteiger partial charge in [-0.05, 0) is 48.5 Å². The minimum Gasteiger partial charge on any atom is -0.383 e. The van der Waals surface area contributed by atoms with Gasteiger partial charge in [0.2, 0.25) is 0 Å². The summed E-state index contributed by atoms with van der Waals surface area (Å²) in [5.41, 5.74) is 7.76. The van der Waals surface area contributed by atoms with Crippen LogP contribution in [0.15, 0.2) is 59.2 Å². The third-order valence-electron chi connectivity index (χ3n) is 3.23. The smallest absolute Gasteiger partial charge is 0.198 e. The molecular weight excluding hydrogens is 366 g/mol. The molecule has 0 aliphatic carbocycles. The zero-order chi connectivity index (χ0) is 15.7. The predicted molar refractivity (Wildman–Crippen MR) is 90.6 cm³/mol. The van der Waals surface area contributed by atoms with E-state index in [-0.39, 0.29) is 5.78 Å². The van der Waals surface area contributed by atoms with Crippen LogP contribution >= 0.6 is 27.5 Å². The maximum absolute atomic E-state index is 12.5. The standard InChI is InChI=1S/C16H11BrClN3O/c17-11-3-7-13(8-4-11)21-16(19)14(9-20-21)15(22)10-1-5-12(18)6-2-10/h1-9H,19H2. The van der Waals surface area contributed by atoms with Gasteiger partial charge in [-0.2, -0.15) is 5.10 Å². The Morgan fingerprint density at radius 3 is 2.36 bits per heavy atom. The molecule has 6 heteroatoms. The molecule has 0 saturated carbocycles. The van der Waals surface area contributed by atoms with E-state index >= 15 is 0 Å². The van der Waals surface area contributed by atoms with E-state index in [1.165, 1.54) is 10.9 Å². The van der Waals surface area contributed by atoms with E-state index in [0.29, 0.717) is 22.0 Å². The molecule has 1 heterocycles. The monoisotopic (exact) mass is 375 g/mol. The summed E-state index contributed by atoms with van der Waals surface area (Å²) in [6.45, 7) is 0. The largest absolute Gasteiger partial charge is 0.383 e. The highest BCUT2D eigenvalue weighted by Crippen LogP contribution is 2.22. The van der Waals surface area contributed by atoms with Crippen LogP contribution < -0.4 is 5.73 Å². The van der Waals surface area contributed by atoms with Crippen LogP contribution in [-0.2, 0) is 0 Å². The van der Waals surface area contributed by atoms with Crippen molar-refractivity contribution in [3.8, 4) is 5.69 Å². The molecule has 0 amide bonds. The molecule has 2 N–H and O–H groups in total. The summed E-state index contributed by atoms with van der Waals surface area (Å²) in [4.78, 5) is 12.5. The number of ketones is 1. The van der Waals surface area contributed by atoms with Crippen molar-refractivity contribution in [3.63, 3.8) is 0 Å². The maximum Gasteiger partial charge on any atom is 0.198 e. The van der Waals surface area contributed by atoms with Crippen molar-refractivity contribution in [1.82, 2.24) is 9.78 Å². The molecule has 0 unspecified atom stereocenters. The Morgan fingerprint density at radius 1 is 1.09 bits per heavy atom. The Bertz CT molecular complexity index is 826. The SMILES string of the molecule is Nc1c(C(=O)c2ccc(Cl)cc2)cnn1-c1ccc(Br)cc1. The van der Waals surface area contributed by atoms with Crippen LogP contribution in [0.4, 0.5) is 5.82 Å². The van der Waals surface area contributed by atoms with Crippen molar-refractivity contribution in [2.24, 2.45) is 0 Å². The van der Waals surface area contributed by atoms with Crippen molar-refractivity contribution in [2.75, 3.05) is 5.73 Å². The third kappa shape index (κ3) is 2.77. The van der Waals surface area contributed by atoms with Crippen LogP contribution in [0.25, 0.3) is 5.69 Å². The number of hydrogen-bond donors (Lipinski definition) is 1. The lowest BCUT2D eigenvalue weighted by atomic mass is 10.1. The van der Waals surface area contributed by atoms with Crippen molar-refractivity contribution in [3.05, 3.63) is 75.4 Å².